The van der Waals surface area contributed by atoms with Crippen LogP contribution in [0.15, 0.2) is 30.6 Å². The molecule has 0 saturated carbocycles. The molecule has 2 aromatic heterocycles. The smallest absolute Gasteiger partial charge is 0.398 e. The number of cyclic esters (lactones) is 1. The Balaban J connectivity index is 1.42. The summed E-state index contributed by atoms with van der Waals surface area (Å²) in [7, 11) is 0. The first-order chi connectivity index (χ1) is 10.2. The van der Waals surface area contributed by atoms with E-state index in [1.165, 1.54) is 5.69 Å². The van der Waals surface area contributed by atoms with Crippen molar-refractivity contribution in [2.75, 3.05) is 0 Å². The summed E-state index contributed by atoms with van der Waals surface area (Å²) in [5.74, 6) is -1.40. The number of amides is 1. The maximum Gasteiger partial charge on any atom is 0.398 e. The second-order valence-corrected chi connectivity index (χ2v) is 5.14. The average molecular weight is 287 g/mol. The lowest BCUT2D eigenvalue weighted by Crippen LogP contribution is -2.26. The fourth-order valence-corrected chi connectivity index (χ4v) is 2.57. The van der Waals surface area contributed by atoms with Crippen molar-refractivity contribution < 1.29 is 14.3 Å². The van der Waals surface area contributed by atoms with Crippen LogP contribution in [0, 0.1) is 0 Å². The zero-order valence-corrected chi connectivity index (χ0v) is 11.6. The van der Waals surface area contributed by atoms with Crippen molar-refractivity contribution in [3.63, 3.8) is 0 Å². The summed E-state index contributed by atoms with van der Waals surface area (Å²) >= 11 is 0. The standard InChI is InChI=1S/C15H17N3O3/c19-14-15(20)21-13(17-14)8-3-1-2-5-11-6-4-7-12-16-9-10-18(11)12/h4,6-7,9-10,13H,1-3,5,8H2,(H,17,19). The van der Waals surface area contributed by atoms with E-state index in [4.69, 9.17) is 4.74 Å². The van der Waals surface area contributed by atoms with Gasteiger partial charge in [-0.25, -0.2) is 9.78 Å². The van der Waals surface area contributed by atoms with Crippen molar-refractivity contribution in [2.45, 2.75) is 38.3 Å². The largest absolute Gasteiger partial charge is 0.435 e. The lowest BCUT2D eigenvalue weighted by Gasteiger charge is -2.08. The van der Waals surface area contributed by atoms with Gasteiger partial charge in [-0.3, -0.25) is 4.79 Å². The van der Waals surface area contributed by atoms with Crippen molar-refractivity contribution >= 4 is 17.5 Å². The number of fused-ring (bicyclic) bond motifs is 1. The van der Waals surface area contributed by atoms with Crippen molar-refractivity contribution in [1.29, 1.82) is 0 Å². The highest BCUT2D eigenvalue weighted by Gasteiger charge is 2.30. The summed E-state index contributed by atoms with van der Waals surface area (Å²) in [5, 5.41) is 2.51. The van der Waals surface area contributed by atoms with Gasteiger partial charge in [0, 0.05) is 24.5 Å². The Kier molecular flexibility index (Phi) is 3.85. The zero-order valence-electron chi connectivity index (χ0n) is 11.6. The van der Waals surface area contributed by atoms with E-state index in [-0.39, 0.29) is 0 Å². The van der Waals surface area contributed by atoms with Crippen LogP contribution < -0.4 is 5.32 Å². The number of hydrogen-bond acceptors (Lipinski definition) is 4. The lowest BCUT2D eigenvalue weighted by molar-refractivity contribution is -0.149. The number of pyridine rings is 1. The molecule has 1 amide bonds. The van der Waals surface area contributed by atoms with E-state index in [2.05, 4.69) is 20.8 Å². The van der Waals surface area contributed by atoms with E-state index in [1.807, 2.05) is 18.3 Å². The normalized spacial score (nSPS) is 18.0. The number of carbonyl (C=O) groups excluding carboxylic acids is 2. The molecule has 6 nitrogen and oxygen atoms in total. The van der Waals surface area contributed by atoms with Crippen LogP contribution in [0.3, 0.4) is 0 Å². The second kappa shape index (κ2) is 5.95. The number of aromatic nitrogens is 2. The second-order valence-electron chi connectivity index (χ2n) is 5.14. The Morgan fingerprint density at radius 2 is 2.14 bits per heavy atom. The highest BCUT2D eigenvalue weighted by atomic mass is 16.6. The summed E-state index contributed by atoms with van der Waals surface area (Å²) in [6.45, 7) is 0. The van der Waals surface area contributed by atoms with Crippen LogP contribution in [0.4, 0.5) is 0 Å². The number of ether oxygens (including phenoxy) is 1. The van der Waals surface area contributed by atoms with Crippen molar-refractivity contribution in [3.05, 3.63) is 36.3 Å². The van der Waals surface area contributed by atoms with Crippen molar-refractivity contribution in [3.8, 4) is 0 Å². The molecule has 6 heteroatoms. The van der Waals surface area contributed by atoms with Crippen LogP contribution in [0.25, 0.3) is 5.65 Å². The molecule has 0 aliphatic carbocycles. The molecule has 0 radical (unpaired) electrons. The van der Waals surface area contributed by atoms with Crippen LogP contribution in [-0.4, -0.2) is 27.5 Å². The SMILES string of the molecule is O=C1NC(CCCCCc2cccc3nccn23)OC1=O. The highest BCUT2D eigenvalue weighted by molar-refractivity contribution is 6.34. The number of imidazole rings is 1. The maximum absolute atomic E-state index is 11.0. The molecule has 1 atom stereocenters. The average Bonchev–Trinajstić information content (AvgIpc) is 3.06. The lowest BCUT2D eigenvalue weighted by atomic mass is 10.1. The molecule has 2 aromatic rings. The third-order valence-electron chi connectivity index (χ3n) is 3.64. The maximum atomic E-state index is 11.0. The minimum Gasteiger partial charge on any atom is -0.435 e. The predicted molar refractivity (Wildman–Crippen MR) is 75.4 cm³/mol. The topological polar surface area (TPSA) is 72.7 Å². The van der Waals surface area contributed by atoms with Crippen LogP contribution in [0.5, 0.6) is 0 Å². The van der Waals surface area contributed by atoms with E-state index in [0.717, 1.165) is 31.3 Å². The fraction of sp³-hybridized carbons (Fsp3) is 0.400. The summed E-state index contributed by atoms with van der Waals surface area (Å²) in [4.78, 5) is 26.1. The molecule has 3 rings (SSSR count). The van der Waals surface area contributed by atoms with Gasteiger partial charge in [-0.15, -0.1) is 0 Å². The summed E-state index contributed by atoms with van der Waals surface area (Å²) in [5.41, 5.74) is 2.21. The Hall–Kier alpha value is -2.37. The summed E-state index contributed by atoms with van der Waals surface area (Å²) < 4.78 is 6.97. The third-order valence-corrected chi connectivity index (χ3v) is 3.64. The van der Waals surface area contributed by atoms with E-state index < -0.39 is 18.1 Å². The molecule has 1 unspecified atom stereocenters. The molecule has 1 aliphatic rings. The van der Waals surface area contributed by atoms with E-state index in [9.17, 15) is 9.59 Å². The molecule has 1 fully saturated rings. The van der Waals surface area contributed by atoms with Gasteiger partial charge < -0.3 is 14.5 Å². The van der Waals surface area contributed by atoms with Gasteiger partial charge in [-0.2, -0.15) is 0 Å². The molecule has 0 spiro atoms. The van der Waals surface area contributed by atoms with Crippen LogP contribution in [0.1, 0.15) is 31.4 Å². The molecule has 3 heterocycles. The van der Waals surface area contributed by atoms with Crippen molar-refractivity contribution in [2.24, 2.45) is 0 Å². The molecular formula is C15H17N3O3. The van der Waals surface area contributed by atoms with Gasteiger partial charge in [-0.1, -0.05) is 12.5 Å². The van der Waals surface area contributed by atoms with Gasteiger partial charge in [0.05, 0.1) is 0 Å². The number of rotatable bonds is 6. The number of nitrogens with zero attached hydrogens (tertiary/aromatic N) is 2. The Morgan fingerprint density at radius 1 is 1.24 bits per heavy atom. The van der Waals surface area contributed by atoms with Gasteiger partial charge in [-0.05, 0) is 31.4 Å². The number of nitrogens with one attached hydrogen (secondary N) is 1. The molecule has 1 N–H and O–H groups in total. The predicted octanol–water partition coefficient (Wildman–Crippen LogP) is 1.44. The molecule has 21 heavy (non-hydrogen) atoms. The number of hydrogen-bond donors (Lipinski definition) is 1. The number of unbranched alkanes of at least 4 members (excludes halogenated alkanes) is 2. The van der Waals surface area contributed by atoms with Gasteiger partial charge in [0.15, 0.2) is 6.23 Å². The van der Waals surface area contributed by atoms with Crippen LogP contribution in [0.2, 0.25) is 0 Å². The minimum atomic E-state index is -0.771. The van der Waals surface area contributed by atoms with Gasteiger partial charge >= 0.3 is 11.9 Å². The van der Waals surface area contributed by atoms with Gasteiger partial charge in [0.25, 0.3) is 0 Å². The monoisotopic (exact) mass is 287 g/mol. The Morgan fingerprint density at radius 3 is 2.95 bits per heavy atom. The third kappa shape index (κ3) is 3.04. The number of esters is 1. The highest BCUT2D eigenvalue weighted by Crippen LogP contribution is 2.13. The Bertz CT molecular complexity index is 649. The quantitative estimate of drug-likeness (QED) is 0.495. The molecule has 1 saturated heterocycles. The fourth-order valence-electron chi connectivity index (χ4n) is 2.57. The number of aryl methyl sites for hydroxylation is 1. The molecule has 110 valence electrons. The summed E-state index contributed by atoms with van der Waals surface area (Å²) in [6.07, 6.45) is 7.96. The van der Waals surface area contributed by atoms with Gasteiger partial charge in [0.2, 0.25) is 0 Å². The van der Waals surface area contributed by atoms with E-state index in [1.54, 1.807) is 6.20 Å². The first-order valence-corrected chi connectivity index (χ1v) is 7.16. The molecule has 0 aromatic carbocycles. The zero-order chi connectivity index (χ0) is 14.7. The summed E-state index contributed by atoms with van der Waals surface area (Å²) in [6, 6.07) is 6.11. The minimum absolute atomic E-state index is 0.443. The molecular weight excluding hydrogens is 270 g/mol. The van der Waals surface area contributed by atoms with Crippen molar-refractivity contribution in [1.82, 2.24) is 14.7 Å². The van der Waals surface area contributed by atoms with Gasteiger partial charge in [0.1, 0.15) is 5.65 Å². The Labute approximate surface area is 122 Å². The number of carbonyl (C=O) groups is 2. The van der Waals surface area contributed by atoms with Crippen LogP contribution in [-0.2, 0) is 20.7 Å². The first-order valence-electron chi connectivity index (χ1n) is 7.16. The van der Waals surface area contributed by atoms with Crippen LogP contribution >= 0.6 is 0 Å². The molecule has 0 bridgehead atoms. The first kappa shape index (κ1) is 13.6. The van der Waals surface area contributed by atoms with E-state index in [0.29, 0.717) is 6.42 Å². The van der Waals surface area contributed by atoms with E-state index >= 15 is 0 Å². The molecule has 1 aliphatic heterocycles.